The minimum absolute atomic E-state index is 0.0766. The van der Waals surface area contributed by atoms with Crippen molar-refractivity contribution < 1.29 is 9.53 Å². The molecule has 1 aromatic carbocycles. The number of hydrogen-bond acceptors (Lipinski definition) is 3. The van der Waals surface area contributed by atoms with Gasteiger partial charge in [0.25, 0.3) is 5.91 Å². The van der Waals surface area contributed by atoms with E-state index in [1.54, 1.807) is 12.1 Å². The molecule has 3 N–H and O–H groups in total. The summed E-state index contributed by atoms with van der Waals surface area (Å²) in [4.78, 5) is 11.3. The molecule has 1 amide bonds. The summed E-state index contributed by atoms with van der Waals surface area (Å²) in [6.07, 6.45) is 0.588. The van der Waals surface area contributed by atoms with E-state index in [0.717, 1.165) is 5.56 Å². The summed E-state index contributed by atoms with van der Waals surface area (Å²) >= 11 is 12.0. The van der Waals surface area contributed by atoms with Gasteiger partial charge in [-0.15, -0.1) is 0 Å². The lowest BCUT2D eigenvalue weighted by Gasteiger charge is -2.13. The number of halogens is 2. The van der Waals surface area contributed by atoms with Crippen LogP contribution >= 0.6 is 23.2 Å². The highest BCUT2D eigenvalue weighted by molar-refractivity contribution is 6.35. The molecule has 0 fully saturated rings. The Morgan fingerprint density at radius 2 is 2.17 bits per heavy atom. The maximum absolute atomic E-state index is 11.3. The van der Waals surface area contributed by atoms with Crippen molar-refractivity contribution in [3.05, 3.63) is 27.7 Å². The van der Waals surface area contributed by atoms with Crippen LogP contribution < -0.4 is 15.8 Å². The highest BCUT2D eigenvalue weighted by Crippen LogP contribution is 2.32. The van der Waals surface area contributed by atoms with Crippen molar-refractivity contribution in [2.24, 2.45) is 5.73 Å². The van der Waals surface area contributed by atoms with Crippen molar-refractivity contribution in [1.82, 2.24) is 5.32 Å². The van der Waals surface area contributed by atoms with E-state index in [4.69, 9.17) is 33.7 Å². The van der Waals surface area contributed by atoms with Crippen molar-refractivity contribution in [2.45, 2.75) is 13.3 Å². The predicted molar refractivity (Wildman–Crippen MR) is 73.4 cm³/mol. The standard InChI is InChI=1S/C12H16Cl2N2O2/c1-2-16-11(17)7-18-12-8(3-4-15)5-9(13)6-10(12)14/h5-6H,2-4,7,15H2,1H3,(H,16,17). The van der Waals surface area contributed by atoms with Gasteiger partial charge in [-0.2, -0.15) is 0 Å². The molecular formula is C12H16Cl2N2O2. The van der Waals surface area contributed by atoms with Crippen molar-refractivity contribution in [3.8, 4) is 5.75 Å². The molecule has 0 spiro atoms. The molecule has 0 heterocycles. The Balaban J connectivity index is 2.82. The van der Waals surface area contributed by atoms with Gasteiger partial charge in [0.1, 0.15) is 5.75 Å². The van der Waals surface area contributed by atoms with Crippen molar-refractivity contribution in [2.75, 3.05) is 19.7 Å². The number of benzene rings is 1. The summed E-state index contributed by atoms with van der Waals surface area (Å²) in [6.45, 7) is 2.78. The Hall–Kier alpha value is -0.970. The number of hydrogen-bond donors (Lipinski definition) is 2. The van der Waals surface area contributed by atoms with Crippen molar-refractivity contribution in [3.63, 3.8) is 0 Å². The zero-order valence-electron chi connectivity index (χ0n) is 10.1. The number of ether oxygens (including phenoxy) is 1. The fraction of sp³-hybridized carbons (Fsp3) is 0.417. The molecule has 0 unspecified atom stereocenters. The van der Waals surface area contributed by atoms with Gasteiger partial charge < -0.3 is 15.8 Å². The van der Waals surface area contributed by atoms with E-state index < -0.39 is 0 Å². The third-order valence-corrected chi connectivity index (χ3v) is 2.72. The van der Waals surface area contributed by atoms with E-state index in [-0.39, 0.29) is 12.5 Å². The van der Waals surface area contributed by atoms with E-state index in [2.05, 4.69) is 5.32 Å². The van der Waals surface area contributed by atoms with E-state index in [9.17, 15) is 4.79 Å². The van der Waals surface area contributed by atoms with Crippen LogP contribution in [0.4, 0.5) is 0 Å². The monoisotopic (exact) mass is 290 g/mol. The molecular weight excluding hydrogens is 275 g/mol. The fourth-order valence-electron chi connectivity index (χ4n) is 1.50. The van der Waals surface area contributed by atoms with E-state index in [1.807, 2.05) is 6.92 Å². The zero-order valence-corrected chi connectivity index (χ0v) is 11.6. The minimum Gasteiger partial charge on any atom is -0.482 e. The number of nitrogens with two attached hydrogens (primary N) is 1. The SMILES string of the molecule is CCNC(=O)COc1c(Cl)cc(Cl)cc1CCN. The van der Waals surface area contributed by atoms with E-state index in [0.29, 0.717) is 35.3 Å². The lowest BCUT2D eigenvalue weighted by molar-refractivity contribution is -0.122. The summed E-state index contributed by atoms with van der Waals surface area (Å²) in [5.74, 6) is 0.278. The Morgan fingerprint density at radius 3 is 2.78 bits per heavy atom. The molecule has 0 bridgehead atoms. The van der Waals surface area contributed by atoms with Crippen LogP contribution in [0.1, 0.15) is 12.5 Å². The minimum atomic E-state index is -0.192. The number of amides is 1. The van der Waals surface area contributed by atoms with Crippen LogP contribution in [0.3, 0.4) is 0 Å². The first-order chi connectivity index (χ1) is 8.58. The molecule has 0 aromatic heterocycles. The van der Waals surface area contributed by atoms with Crippen LogP contribution in [0.25, 0.3) is 0 Å². The smallest absolute Gasteiger partial charge is 0.257 e. The average molecular weight is 291 g/mol. The Labute approximate surface area is 116 Å². The molecule has 0 atom stereocenters. The van der Waals surface area contributed by atoms with Gasteiger partial charge in [0, 0.05) is 11.6 Å². The first-order valence-corrected chi connectivity index (χ1v) is 6.41. The van der Waals surface area contributed by atoms with Gasteiger partial charge in [0.2, 0.25) is 0 Å². The second kappa shape index (κ2) is 7.46. The fourth-order valence-corrected chi connectivity index (χ4v) is 2.09. The maximum atomic E-state index is 11.3. The molecule has 0 aliphatic heterocycles. The average Bonchev–Trinajstić information content (AvgIpc) is 2.28. The normalized spacial score (nSPS) is 10.2. The van der Waals surface area contributed by atoms with Crippen molar-refractivity contribution in [1.29, 1.82) is 0 Å². The molecule has 0 saturated carbocycles. The second-order valence-corrected chi connectivity index (χ2v) is 4.50. The quantitative estimate of drug-likeness (QED) is 0.842. The van der Waals surface area contributed by atoms with Crippen LogP contribution in [0.15, 0.2) is 12.1 Å². The van der Waals surface area contributed by atoms with Crippen LogP contribution in [-0.4, -0.2) is 25.6 Å². The molecule has 0 aliphatic rings. The lowest BCUT2D eigenvalue weighted by atomic mass is 10.1. The Bertz CT molecular complexity index is 425. The summed E-state index contributed by atoms with van der Waals surface area (Å²) < 4.78 is 5.43. The maximum Gasteiger partial charge on any atom is 0.257 e. The molecule has 6 heteroatoms. The highest BCUT2D eigenvalue weighted by Gasteiger charge is 2.12. The van der Waals surface area contributed by atoms with Gasteiger partial charge in [-0.3, -0.25) is 4.79 Å². The number of carbonyl (C=O) groups is 1. The van der Waals surface area contributed by atoms with Gasteiger partial charge in [-0.1, -0.05) is 23.2 Å². The summed E-state index contributed by atoms with van der Waals surface area (Å²) in [6, 6.07) is 3.32. The molecule has 1 aromatic rings. The van der Waals surface area contributed by atoms with Crippen LogP contribution in [-0.2, 0) is 11.2 Å². The van der Waals surface area contributed by atoms with Gasteiger partial charge in [-0.05, 0) is 37.6 Å². The lowest BCUT2D eigenvalue weighted by Crippen LogP contribution is -2.28. The van der Waals surface area contributed by atoms with E-state index >= 15 is 0 Å². The van der Waals surface area contributed by atoms with Gasteiger partial charge >= 0.3 is 0 Å². The van der Waals surface area contributed by atoms with Crippen LogP contribution in [0, 0.1) is 0 Å². The summed E-state index contributed by atoms with van der Waals surface area (Å²) in [5.41, 5.74) is 6.32. The zero-order chi connectivity index (χ0) is 13.5. The molecule has 0 aliphatic carbocycles. The first-order valence-electron chi connectivity index (χ1n) is 5.66. The number of carbonyl (C=O) groups excluding carboxylic acids is 1. The first kappa shape index (κ1) is 15.1. The number of rotatable bonds is 6. The molecule has 0 saturated heterocycles. The Morgan fingerprint density at radius 1 is 1.44 bits per heavy atom. The van der Waals surface area contributed by atoms with Gasteiger partial charge in [0.05, 0.1) is 5.02 Å². The van der Waals surface area contributed by atoms with Crippen LogP contribution in [0.5, 0.6) is 5.75 Å². The third-order valence-electron chi connectivity index (χ3n) is 2.22. The molecule has 18 heavy (non-hydrogen) atoms. The topological polar surface area (TPSA) is 64.3 Å². The molecule has 0 radical (unpaired) electrons. The third kappa shape index (κ3) is 4.37. The van der Waals surface area contributed by atoms with Crippen LogP contribution in [0.2, 0.25) is 10.0 Å². The predicted octanol–water partition coefficient (Wildman–Crippen LogP) is 2.01. The van der Waals surface area contributed by atoms with Gasteiger partial charge in [-0.25, -0.2) is 0 Å². The largest absolute Gasteiger partial charge is 0.482 e. The molecule has 4 nitrogen and oxygen atoms in total. The number of nitrogens with one attached hydrogen (secondary N) is 1. The van der Waals surface area contributed by atoms with E-state index in [1.165, 1.54) is 0 Å². The van der Waals surface area contributed by atoms with Crippen molar-refractivity contribution >= 4 is 29.1 Å². The molecule has 100 valence electrons. The highest BCUT2D eigenvalue weighted by atomic mass is 35.5. The Kier molecular flexibility index (Phi) is 6.25. The summed E-state index contributed by atoms with van der Waals surface area (Å²) in [7, 11) is 0. The van der Waals surface area contributed by atoms with Gasteiger partial charge in [0.15, 0.2) is 6.61 Å². The number of likely N-dealkylation sites (N-methyl/N-ethyl adjacent to an activating group) is 1. The molecule has 1 rings (SSSR count). The summed E-state index contributed by atoms with van der Waals surface area (Å²) in [5, 5.41) is 3.55. The second-order valence-electron chi connectivity index (χ2n) is 3.66.